The number of hydrogen-bond acceptors (Lipinski definition) is 5. The number of nitrogens with one attached hydrogen (secondary N) is 1. The van der Waals surface area contributed by atoms with Crippen molar-refractivity contribution in [3.8, 4) is 34.3 Å². The molecule has 0 spiro atoms. The van der Waals surface area contributed by atoms with E-state index in [1.807, 2.05) is 49.4 Å². The minimum atomic E-state index is 0.581. The summed E-state index contributed by atoms with van der Waals surface area (Å²) in [6.07, 6.45) is 0. The van der Waals surface area contributed by atoms with Gasteiger partial charge in [0, 0.05) is 16.8 Å². The molecule has 0 atom stereocenters. The Balaban J connectivity index is 1.92. The van der Waals surface area contributed by atoms with Crippen molar-refractivity contribution in [2.75, 3.05) is 19.5 Å². The Morgan fingerprint density at radius 3 is 2.48 bits per heavy atom. The molecule has 3 N–H and O–H groups in total. The molecule has 1 heterocycles. The van der Waals surface area contributed by atoms with E-state index in [2.05, 4.69) is 15.2 Å². The number of ether oxygens (including phenoxy) is 2. The van der Waals surface area contributed by atoms with E-state index < -0.39 is 0 Å². The zero-order chi connectivity index (χ0) is 16.2. The number of hydrogen-bond donors (Lipinski definition) is 2. The summed E-state index contributed by atoms with van der Waals surface area (Å²) >= 11 is 0. The zero-order valence-corrected chi connectivity index (χ0v) is 13.0. The summed E-state index contributed by atoms with van der Waals surface area (Å²) < 4.78 is 10.9. The summed E-state index contributed by atoms with van der Waals surface area (Å²) in [4.78, 5) is 4.53. The van der Waals surface area contributed by atoms with Crippen LogP contribution in [0.15, 0.2) is 42.5 Å². The number of rotatable bonds is 5. The summed E-state index contributed by atoms with van der Waals surface area (Å²) in [6, 6.07) is 13.1. The molecule has 6 heteroatoms. The first kappa shape index (κ1) is 14.9. The second-order valence-corrected chi connectivity index (χ2v) is 4.93. The Labute approximate surface area is 134 Å². The summed E-state index contributed by atoms with van der Waals surface area (Å²) in [6.45, 7) is 2.51. The lowest BCUT2D eigenvalue weighted by Crippen LogP contribution is -1.95. The quantitative estimate of drug-likeness (QED) is 0.707. The number of H-pyrrole nitrogens is 1. The molecule has 3 aromatic rings. The predicted molar refractivity (Wildman–Crippen MR) is 89.4 cm³/mol. The average Bonchev–Trinajstić information content (AvgIpc) is 3.06. The van der Waals surface area contributed by atoms with Crippen molar-refractivity contribution in [1.82, 2.24) is 15.2 Å². The Hall–Kier alpha value is -3.02. The first-order valence-electron chi connectivity index (χ1n) is 7.30. The van der Waals surface area contributed by atoms with E-state index in [0.717, 1.165) is 11.1 Å². The SMILES string of the molecule is CCOc1ccc(-c2n[nH]c(-c3ccc(N)cc3)n2)cc1OC. The van der Waals surface area contributed by atoms with Gasteiger partial charge in [0.25, 0.3) is 0 Å². The summed E-state index contributed by atoms with van der Waals surface area (Å²) in [5, 5.41) is 7.22. The molecule has 118 valence electrons. The number of anilines is 1. The molecule has 0 bridgehead atoms. The fraction of sp³-hybridized carbons (Fsp3) is 0.176. The molecule has 23 heavy (non-hydrogen) atoms. The molecule has 0 fully saturated rings. The van der Waals surface area contributed by atoms with Crippen molar-refractivity contribution in [1.29, 1.82) is 0 Å². The molecule has 2 aromatic carbocycles. The van der Waals surface area contributed by atoms with Crippen molar-refractivity contribution in [2.24, 2.45) is 0 Å². The highest BCUT2D eigenvalue weighted by molar-refractivity contribution is 5.65. The molecule has 6 nitrogen and oxygen atoms in total. The van der Waals surface area contributed by atoms with Crippen LogP contribution in [0.5, 0.6) is 11.5 Å². The van der Waals surface area contributed by atoms with Gasteiger partial charge in [-0.15, -0.1) is 0 Å². The average molecular weight is 310 g/mol. The number of benzene rings is 2. The molecule has 0 aliphatic rings. The van der Waals surface area contributed by atoms with Crippen LogP contribution in [0.3, 0.4) is 0 Å². The van der Waals surface area contributed by atoms with E-state index in [-0.39, 0.29) is 0 Å². The molecule has 0 unspecified atom stereocenters. The van der Waals surface area contributed by atoms with Crippen molar-refractivity contribution in [3.63, 3.8) is 0 Å². The number of nitrogens with two attached hydrogens (primary N) is 1. The van der Waals surface area contributed by atoms with Gasteiger partial charge in [0.15, 0.2) is 23.1 Å². The van der Waals surface area contributed by atoms with Gasteiger partial charge in [-0.2, -0.15) is 5.10 Å². The molecular formula is C17H18N4O2. The van der Waals surface area contributed by atoms with Crippen molar-refractivity contribution >= 4 is 5.69 Å². The van der Waals surface area contributed by atoms with Crippen LogP contribution in [0.1, 0.15) is 6.92 Å². The lowest BCUT2D eigenvalue weighted by Gasteiger charge is -2.09. The largest absolute Gasteiger partial charge is 0.493 e. The monoisotopic (exact) mass is 310 g/mol. The maximum atomic E-state index is 5.70. The Bertz CT molecular complexity index is 797. The normalized spacial score (nSPS) is 10.5. The molecule has 0 radical (unpaired) electrons. The summed E-state index contributed by atoms with van der Waals surface area (Å²) in [5.74, 6) is 2.64. The highest BCUT2D eigenvalue weighted by atomic mass is 16.5. The lowest BCUT2D eigenvalue weighted by atomic mass is 10.2. The Morgan fingerprint density at radius 1 is 1.04 bits per heavy atom. The van der Waals surface area contributed by atoms with Gasteiger partial charge >= 0.3 is 0 Å². The summed E-state index contributed by atoms with van der Waals surface area (Å²) in [7, 11) is 1.61. The van der Waals surface area contributed by atoms with E-state index in [9.17, 15) is 0 Å². The maximum Gasteiger partial charge on any atom is 0.181 e. The van der Waals surface area contributed by atoms with Crippen LogP contribution in [0.2, 0.25) is 0 Å². The van der Waals surface area contributed by atoms with E-state index in [1.165, 1.54) is 0 Å². The van der Waals surface area contributed by atoms with Gasteiger partial charge in [-0.25, -0.2) is 4.98 Å². The first-order chi connectivity index (χ1) is 11.2. The van der Waals surface area contributed by atoms with Gasteiger partial charge in [-0.05, 0) is 49.4 Å². The molecule has 1 aromatic heterocycles. The van der Waals surface area contributed by atoms with Crippen LogP contribution in [-0.2, 0) is 0 Å². The first-order valence-corrected chi connectivity index (χ1v) is 7.30. The van der Waals surface area contributed by atoms with Gasteiger partial charge < -0.3 is 15.2 Å². The van der Waals surface area contributed by atoms with Gasteiger partial charge in [0.2, 0.25) is 0 Å². The third-order valence-electron chi connectivity index (χ3n) is 3.39. The number of aromatic nitrogens is 3. The fourth-order valence-corrected chi connectivity index (χ4v) is 2.24. The van der Waals surface area contributed by atoms with Crippen LogP contribution in [0.25, 0.3) is 22.8 Å². The Morgan fingerprint density at radius 2 is 1.78 bits per heavy atom. The minimum Gasteiger partial charge on any atom is -0.493 e. The van der Waals surface area contributed by atoms with E-state index >= 15 is 0 Å². The van der Waals surface area contributed by atoms with Gasteiger partial charge in [0.1, 0.15) is 0 Å². The second-order valence-electron chi connectivity index (χ2n) is 4.93. The van der Waals surface area contributed by atoms with Crippen LogP contribution >= 0.6 is 0 Å². The molecule has 3 rings (SSSR count). The molecular weight excluding hydrogens is 292 g/mol. The third kappa shape index (κ3) is 3.11. The van der Waals surface area contributed by atoms with Crippen molar-refractivity contribution < 1.29 is 9.47 Å². The topological polar surface area (TPSA) is 86.0 Å². The summed E-state index contributed by atoms with van der Waals surface area (Å²) in [5.41, 5.74) is 8.19. The number of methoxy groups -OCH3 is 1. The van der Waals surface area contributed by atoms with E-state index in [1.54, 1.807) is 7.11 Å². The molecule has 0 saturated heterocycles. The maximum absolute atomic E-state index is 5.70. The van der Waals surface area contributed by atoms with Gasteiger partial charge in [-0.3, -0.25) is 5.10 Å². The van der Waals surface area contributed by atoms with Gasteiger partial charge in [-0.1, -0.05) is 0 Å². The minimum absolute atomic E-state index is 0.581. The number of nitrogen functional groups attached to an aromatic ring is 1. The molecule has 0 aliphatic heterocycles. The van der Waals surface area contributed by atoms with Crippen LogP contribution in [0.4, 0.5) is 5.69 Å². The zero-order valence-electron chi connectivity index (χ0n) is 13.0. The highest BCUT2D eigenvalue weighted by Crippen LogP contribution is 2.31. The third-order valence-corrected chi connectivity index (χ3v) is 3.39. The molecule has 0 amide bonds. The number of aromatic amines is 1. The van der Waals surface area contributed by atoms with Crippen LogP contribution in [0, 0.1) is 0 Å². The molecule has 0 aliphatic carbocycles. The number of nitrogens with zero attached hydrogens (tertiary/aromatic N) is 2. The smallest absolute Gasteiger partial charge is 0.181 e. The van der Waals surface area contributed by atoms with Crippen LogP contribution < -0.4 is 15.2 Å². The highest BCUT2D eigenvalue weighted by Gasteiger charge is 2.11. The molecule has 0 saturated carbocycles. The lowest BCUT2D eigenvalue weighted by molar-refractivity contribution is 0.311. The Kier molecular flexibility index (Phi) is 4.14. The van der Waals surface area contributed by atoms with E-state index in [4.69, 9.17) is 15.2 Å². The van der Waals surface area contributed by atoms with Gasteiger partial charge in [0.05, 0.1) is 13.7 Å². The van der Waals surface area contributed by atoms with Crippen molar-refractivity contribution in [3.05, 3.63) is 42.5 Å². The predicted octanol–water partition coefficient (Wildman–Crippen LogP) is 3.13. The second kappa shape index (κ2) is 6.39. The fourth-order valence-electron chi connectivity index (χ4n) is 2.24. The standard InChI is InChI=1S/C17H18N4O2/c1-3-23-14-9-6-12(10-15(14)22-2)17-19-16(20-21-17)11-4-7-13(18)8-5-11/h4-10H,3,18H2,1-2H3,(H,19,20,21). The van der Waals surface area contributed by atoms with E-state index in [0.29, 0.717) is 35.4 Å². The van der Waals surface area contributed by atoms with Crippen LogP contribution in [-0.4, -0.2) is 28.9 Å². The van der Waals surface area contributed by atoms with Crippen molar-refractivity contribution in [2.45, 2.75) is 6.92 Å².